The molecule has 1 aromatic rings. The van der Waals surface area contributed by atoms with Crippen LogP contribution in [0.5, 0.6) is 0 Å². The number of hydrogen-bond donors (Lipinski definition) is 0. The lowest BCUT2D eigenvalue weighted by Crippen LogP contribution is -2.43. The van der Waals surface area contributed by atoms with Crippen molar-refractivity contribution < 1.29 is 4.79 Å². The SMILES string of the molecule is CC1CCN(C(=O)CCCc2ccccc2)CC1Cl. The van der Waals surface area contributed by atoms with E-state index in [1.165, 1.54) is 5.56 Å². The monoisotopic (exact) mass is 279 g/mol. The summed E-state index contributed by atoms with van der Waals surface area (Å²) in [5.74, 6) is 0.781. The van der Waals surface area contributed by atoms with Crippen molar-refractivity contribution in [1.82, 2.24) is 4.90 Å². The third kappa shape index (κ3) is 4.24. The maximum atomic E-state index is 12.1. The minimum absolute atomic E-state index is 0.117. The summed E-state index contributed by atoms with van der Waals surface area (Å²) in [6.45, 7) is 3.75. The molecule has 1 amide bonds. The van der Waals surface area contributed by atoms with Crippen LogP contribution in [-0.4, -0.2) is 29.3 Å². The van der Waals surface area contributed by atoms with Crippen LogP contribution in [0.2, 0.25) is 0 Å². The van der Waals surface area contributed by atoms with Gasteiger partial charge in [0.1, 0.15) is 0 Å². The molecule has 1 fully saturated rings. The normalized spacial score (nSPS) is 23.4. The van der Waals surface area contributed by atoms with E-state index in [-0.39, 0.29) is 11.3 Å². The Morgan fingerprint density at radius 1 is 1.37 bits per heavy atom. The molecular weight excluding hydrogens is 258 g/mol. The predicted molar refractivity (Wildman–Crippen MR) is 79.4 cm³/mol. The highest BCUT2D eigenvalue weighted by molar-refractivity contribution is 6.21. The summed E-state index contributed by atoms with van der Waals surface area (Å²) in [5.41, 5.74) is 1.30. The average molecular weight is 280 g/mol. The van der Waals surface area contributed by atoms with Crippen LogP contribution < -0.4 is 0 Å². The molecule has 3 heteroatoms. The van der Waals surface area contributed by atoms with Crippen LogP contribution in [-0.2, 0) is 11.2 Å². The van der Waals surface area contributed by atoms with Gasteiger partial charge in [-0.3, -0.25) is 4.79 Å². The van der Waals surface area contributed by atoms with Crippen molar-refractivity contribution in [2.75, 3.05) is 13.1 Å². The average Bonchev–Trinajstić information content (AvgIpc) is 2.43. The third-order valence-electron chi connectivity index (χ3n) is 3.92. The summed E-state index contributed by atoms with van der Waals surface area (Å²) in [5, 5.41) is 0.117. The fraction of sp³-hybridized carbons (Fsp3) is 0.562. The zero-order valence-corrected chi connectivity index (χ0v) is 12.3. The molecule has 2 nitrogen and oxygen atoms in total. The summed E-state index contributed by atoms with van der Waals surface area (Å²) in [7, 11) is 0. The topological polar surface area (TPSA) is 20.3 Å². The molecule has 0 aliphatic carbocycles. The summed E-state index contributed by atoms with van der Waals surface area (Å²) >= 11 is 6.24. The van der Waals surface area contributed by atoms with Crippen LogP contribution in [0.4, 0.5) is 0 Å². The zero-order valence-electron chi connectivity index (χ0n) is 11.5. The number of nitrogens with zero attached hydrogens (tertiary/aromatic N) is 1. The van der Waals surface area contributed by atoms with Gasteiger partial charge in [0, 0.05) is 19.5 Å². The minimum atomic E-state index is 0.117. The number of aryl methyl sites for hydroxylation is 1. The summed E-state index contributed by atoms with van der Waals surface area (Å²) < 4.78 is 0. The maximum Gasteiger partial charge on any atom is 0.222 e. The van der Waals surface area contributed by atoms with E-state index < -0.39 is 0 Å². The second kappa shape index (κ2) is 6.95. The molecule has 104 valence electrons. The molecule has 0 N–H and O–H groups in total. The van der Waals surface area contributed by atoms with Gasteiger partial charge in [0.2, 0.25) is 5.91 Å². The van der Waals surface area contributed by atoms with E-state index in [9.17, 15) is 4.79 Å². The molecule has 1 aliphatic heterocycles. The Morgan fingerprint density at radius 2 is 2.11 bits per heavy atom. The molecule has 1 saturated heterocycles. The Kier molecular flexibility index (Phi) is 5.26. The van der Waals surface area contributed by atoms with Crippen molar-refractivity contribution in [2.45, 2.75) is 38.0 Å². The second-order valence-electron chi connectivity index (χ2n) is 5.46. The van der Waals surface area contributed by atoms with Gasteiger partial charge in [0.25, 0.3) is 0 Å². The van der Waals surface area contributed by atoms with Gasteiger partial charge in [-0.25, -0.2) is 0 Å². The molecular formula is C16H22ClNO. The summed E-state index contributed by atoms with van der Waals surface area (Å²) in [4.78, 5) is 14.0. The molecule has 2 rings (SSSR count). The van der Waals surface area contributed by atoms with E-state index in [1.54, 1.807) is 0 Å². The van der Waals surface area contributed by atoms with Gasteiger partial charge in [-0.2, -0.15) is 0 Å². The van der Waals surface area contributed by atoms with Crippen LogP contribution in [0.15, 0.2) is 30.3 Å². The van der Waals surface area contributed by atoms with Gasteiger partial charge in [-0.15, -0.1) is 11.6 Å². The first-order valence-corrected chi connectivity index (χ1v) is 7.56. The molecule has 19 heavy (non-hydrogen) atoms. The first-order chi connectivity index (χ1) is 9.16. The Balaban J connectivity index is 1.73. The van der Waals surface area contributed by atoms with Gasteiger partial charge >= 0.3 is 0 Å². The molecule has 0 radical (unpaired) electrons. The molecule has 2 unspecified atom stereocenters. The van der Waals surface area contributed by atoms with Crippen molar-refractivity contribution in [2.24, 2.45) is 5.92 Å². The first-order valence-electron chi connectivity index (χ1n) is 7.12. The molecule has 1 aliphatic rings. The van der Waals surface area contributed by atoms with E-state index in [1.807, 2.05) is 23.1 Å². The van der Waals surface area contributed by atoms with Crippen LogP contribution in [0.3, 0.4) is 0 Å². The van der Waals surface area contributed by atoms with Gasteiger partial charge in [0.15, 0.2) is 0 Å². The maximum absolute atomic E-state index is 12.1. The minimum Gasteiger partial charge on any atom is -0.341 e. The van der Waals surface area contributed by atoms with E-state index in [4.69, 9.17) is 11.6 Å². The Bertz CT molecular complexity index is 406. The van der Waals surface area contributed by atoms with Crippen molar-refractivity contribution >= 4 is 17.5 Å². The smallest absolute Gasteiger partial charge is 0.222 e. The zero-order chi connectivity index (χ0) is 13.7. The van der Waals surface area contributed by atoms with E-state index in [0.717, 1.165) is 25.8 Å². The largest absolute Gasteiger partial charge is 0.341 e. The quantitative estimate of drug-likeness (QED) is 0.773. The van der Waals surface area contributed by atoms with Crippen molar-refractivity contribution in [3.8, 4) is 0 Å². The van der Waals surface area contributed by atoms with E-state index in [0.29, 0.717) is 18.9 Å². The van der Waals surface area contributed by atoms with Gasteiger partial charge in [-0.1, -0.05) is 37.3 Å². The number of halogens is 1. The molecule has 0 spiro atoms. The molecule has 1 heterocycles. The van der Waals surface area contributed by atoms with E-state index in [2.05, 4.69) is 19.1 Å². The van der Waals surface area contributed by atoms with Crippen molar-refractivity contribution in [3.63, 3.8) is 0 Å². The van der Waals surface area contributed by atoms with Crippen LogP contribution in [0.25, 0.3) is 0 Å². The second-order valence-corrected chi connectivity index (χ2v) is 6.02. The fourth-order valence-electron chi connectivity index (χ4n) is 2.50. The summed E-state index contributed by atoms with van der Waals surface area (Å²) in [6, 6.07) is 10.3. The fourth-order valence-corrected chi connectivity index (χ4v) is 2.79. The number of amides is 1. The predicted octanol–water partition coefficient (Wildman–Crippen LogP) is 3.49. The number of carbonyl (C=O) groups excluding carboxylic acids is 1. The van der Waals surface area contributed by atoms with Gasteiger partial charge < -0.3 is 4.90 Å². The third-order valence-corrected chi connectivity index (χ3v) is 4.49. The van der Waals surface area contributed by atoms with Gasteiger partial charge in [0.05, 0.1) is 5.38 Å². The lowest BCUT2D eigenvalue weighted by atomic mass is 9.98. The molecule has 0 bridgehead atoms. The molecule has 2 atom stereocenters. The van der Waals surface area contributed by atoms with Gasteiger partial charge in [-0.05, 0) is 30.7 Å². The Hall–Kier alpha value is -1.02. The number of rotatable bonds is 4. The summed E-state index contributed by atoms with van der Waals surface area (Å²) in [6.07, 6.45) is 3.55. The first kappa shape index (κ1) is 14.4. The van der Waals surface area contributed by atoms with Crippen molar-refractivity contribution in [1.29, 1.82) is 0 Å². The number of likely N-dealkylation sites (tertiary alicyclic amines) is 1. The standard InChI is InChI=1S/C16H22ClNO/c1-13-10-11-18(12-15(13)17)16(19)9-5-8-14-6-3-2-4-7-14/h2-4,6-7,13,15H,5,8-12H2,1H3. The van der Waals surface area contributed by atoms with Crippen molar-refractivity contribution in [3.05, 3.63) is 35.9 Å². The number of benzene rings is 1. The Labute approximate surface area is 120 Å². The van der Waals surface area contributed by atoms with Crippen LogP contribution >= 0.6 is 11.6 Å². The highest BCUT2D eigenvalue weighted by atomic mass is 35.5. The van der Waals surface area contributed by atoms with Crippen LogP contribution in [0, 0.1) is 5.92 Å². The number of carbonyl (C=O) groups is 1. The van der Waals surface area contributed by atoms with Crippen LogP contribution in [0.1, 0.15) is 31.7 Å². The highest BCUT2D eigenvalue weighted by Crippen LogP contribution is 2.22. The van der Waals surface area contributed by atoms with E-state index >= 15 is 0 Å². The number of alkyl halides is 1. The molecule has 1 aromatic carbocycles. The lowest BCUT2D eigenvalue weighted by Gasteiger charge is -2.34. The molecule has 0 aromatic heterocycles. The highest BCUT2D eigenvalue weighted by Gasteiger charge is 2.26. The lowest BCUT2D eigenvalue weighted by molar-refractivity contribution is -0.132. The molecule has 0 saturated carbocycles. The Morgan fingerprint density at radius 3 is 2.79 bits per heavy atom. The number of piperidine rings is 1. The number of hydrogen-bond acceptors (Lipinski definition) is 1.